The van der Waals surface area contributed by atoms with E-state index in [1.165, 1.54) is 7.11 Å². The SMILES string of the molecule is COC(=O)[C@H](C)Nc1cccnc1.Cl.Cl. The van der Waals surface area contributed by atoms with Crippen LogP contribution in [0, 0.1) is 0 Å². The van der Waals surface area contributed by atoms with Crippen LogP contribution in [-0.2, 0) is 9.53 Å². The van der Waals surface area contributed by atoms with Crippen molar-refractivity contribution in [2.75, 3.05) is 12.4 Å². The molecule has 0 saturated heterocycles. The molecule has 0 fully saturated rings. The molecule has 1 aromatic heterocycles. The van der Waals surface area contributed by atoms with Crippen LogP contribution in [-0.4, -0.2) is 24.1 Å². The van der Waals surface area contributed by atoms with Gasteiger partial charge in [-0.05, 0) is 19.1 Å². The number of pyridine rings is 1. The van der Waals surface area contributed by atoms with E-state index >= 15 is 0 Å². The molecule has 1 N–H and O–H groups in total. The Balaban J connectivity index is 0. The second-order valence-electron chi connectivity index (χ2n) is 2.63. The first kappa shape index (κ1) is 16.4. The van der Waals surface area contributed by atoms with Gasteiger partial charge in [0.05, 0.1) is 12.8 Å². The minimum absolute atomic E-state index is 0. The van der Waals surface area contributed by atoms with E-state index in [1.54, 1.807) is 25.4 Å². The summed E-state index contributed by atoms with van der Waals surface area (Å²) in [5.41, 5.74) is 0.806. The van der Waals surface area contributed by atoms with Gasteiger partial charge < -0.3 is 10.1 Å². The third-order valence-corrected chi connectivity index (χ3v) is 1.60. The Morgan fingerprint density at radius 2 is 2.20 bits per heavy atom. The second-order valence-corrected chi connectivity index (χ2v) is 2.63. The maximum absolute atomic E-state index is 11.0. The number of carbonyl (C=O) groups excluding carboxylic acids is 1. The Morgan fingerprint density at radius 3 is 2.67 bits per heavy atom. The molecule has 1 rings (SSSR count). The molecule has 0 bridgehead atoms. The van der Waals surface area contributed by atoms with E-state index in [0.29, 0.717) is 0 Å². The van der Waals surface area contributed by atoms with Crippen LogP contribution >= 0.6 is 24.8 Å². The van der Waals surface area contributed by atoms with Crippen molar-refractivity contribution in [2.24, 2.45) is 0 Å². The van der Waals surface area contributed by atoms with Crippen molar-refractivity contribution in [1.82, 2.24) is 4.98 Å². The number of methoxy groups -OCH3 is 1. The van der Waals surface area contributed by atoms with Crippen LogP contribution in [0.1, 0.15) is 6.92 Å². The van der Waals surface area contributed by atoms with Crippen molar-refractivity contribution in [3.05, 3.63) is 24.5 Å². The standard InChI is InChI=1S/C9H12N2O2.2ClH/c1-7(9(12)13-2)11-8-4-3-5-10-6-8;;/h3-7,11H,1-2H3;2*1H/t7-;;/m0../s1. The van der Waals surface area contributed by atoms with E-state index in [2.05, 4.69) is 15.0 Å². The number of rotatable bonds is 3. The first-order valence-electron chi connectivity index (χ1n) is 3.98. The normalized spacial score (nSPS) is 10.3. The predicted octanol–water partition coefficient (Wildman–Crippen LogP) is 1.90. The number of hydrogen-bond acceptors (Lipinski definition) is 4. The Bertz CT molecular complexity index is 283. The topological polar surface area (TPSA) is 51.2 Å². The number of hydrogen-bond donors (Lipinski definition) is 1. The molecule has 0 unspecified atom stereocenters. The summed E-state index contributed by atoms with van der Waals surface area (Å²) in [6.45, 7) is 1.73. The summed E-state index contributed by atoms with van der Waals surface area (Å²) in [6, 6.07) is 3.29. The maximum atomic E-state index is 11.0. The van der Waals surface area contributed by atoms with Crippen LogP contribution in [0.3, 0.4) is 0 Å². The van der Waals surface area contributed by atoms with Gasteiger partial charge in [-0.1, -0.05) is 0 Å². The fourth-order valence-electron chi connectivity index (χ4n) is 0.934. The average Bonchev–Trinajstić information content (AvgIpc) is 2.18. The second kappa shape index (κ2) is 8.32. The number of aromatic nitrogens is 1. The molecule has 0 saturated carbocycles. The highest BCUT2D eigenvalue weighted by Crippen LogP contribution is 2.05. The van der Waals surface area contributed by atoms with E-state index in [0.717, 1.165) is 5.69 Å². The summed E-state index contributed by atoms with van der Waals surface area (Å²) in [5.74, 6) is -0.288. The van der Waals surface area contributed by atoms with Crippen molar-refractivity contribution in [2.45, 2.75) is 13.0 Å². The first-order chi connectivity index (χ1) is 6.24. The molecule has 0 aliphatic carbocycles. The number of halogens is 2. The molecule has 0 amide bonds. The Kier molecular flexibility index (Phi) is 9.11. The van der Waals surface area contributed by atoms with Crippen molar-refractivity contribution < 1.29 is 9.53 Å². The molecule has 6 heteroatoms. The monoisotopic (exact) mass is 252 g/mol. The molecular weight excluding hydrogens is 239 g/mol. The zero-order valence-corrected chi connectivity index (χ0v) is 10.1. The first-order valence-corrected chi connectivity index (χ1v) is 3.98. The lowest BCUT2D eigenvalue weighted by Crippen LogP contribution is -2.27. The molecule has 0 aliphatic heterocycles. The molecule has 1 heterocycles. The van der Waals surface area contributed by atoms with Crippen LogP contribution in [0.25, 0.3) is 0 Å². The number of nitrogens with one attached hydrogen (secondary N) is 1. The Hall–Kier alpha value is -1.00. The van der Waals surface area contributed by atoms with E-state index in [4.69, 9.17) is 0 Å². The minimum atomic E-state index is -0.353. The van der Waals surface area contributed by atoms with Gasteiger partial charge in [-0.15, -0.1) is 24.8 Å². The zero-order valence-electron chi connectivity index (χ0n) is 8.47. The number of anilines is 1. The van der Waals surface area contributed by atoms with Gasteiger partial charge in [-0.2, -0.15) is 0 Å². The molecule has 0 spiro atoms. The van der Waals surface area contributed by atoms with Gasteiger partial charge in [0, 0.05) is 12.4 Å². The van der Waals surface area contributed by atoms with Crippen molar-refractivity contribution in [3.63, 3.8) is 0 Å². The largest absolute Gasteiger partial charge is 0.467 e. The quantitative estimate of drug-likeness (QED) is 0.836. The number of carbonyl (C=O) groups is 1. The van der Waals surface area contributed by atoms with E-state index in [-0.39, 0.29) is 36.8 Å². The molecule has 15 heavy (non-hydrogen) atoms. The summed E-state index contributed by atoms with van der Waals surface area (Å²) in [6.07, 6.45) is 3.33. The fraction of sp³-hybridized carbons (Fsp3) is 0.333. The van der Waals surface area contributed by atoms with Gasteiger partial charge >= 0.3 is 5.97 Å². The lowest BCUT2D eigenvalue weighted by Gasteiger charge is -2.11. The van der Waals surface area contributed by atoms with Gasteiger partial charge in [0.1, 0.15) is 6.04 Å². The van der Waals surface area contributed by atoms with E-state index in [9.17, 15) is 4.79 Å². The lowest BCUT2D eigenvalue weighted by molar-refractivity contribution is -0.141. The van der Waals surface area contributed by atoms with Gasteiger partial charge in [0.2, 0.25) is 0 Å². The van der Waals surface area contributed by atoms with Crippen LogP contribution < -0.4 is 5.32 Å². The van der Waals surface area contributed by atoms with Crippen molar-refractivity contribution >= 4 is 36.5 Å². The van der Waals surface area contributed by atoms with Gasteiger partial charge in [-0.3, -0.25) is 4.98 Å². The molecule has 1 atom stereocenters. The van der Waals surface area contributed by atoms with Gasteiger partial charge in [-0.25, -0.2) is 4.79 Å². The molecule has 1 aromatic rings. The zero-order chi connectivity index (χ0) is 9.68. The highest BCUT2D eigenvalue weighted by Gasteiger charge is 2.11. The molecule has 86 valence electrons. The van der Waals surface area contributed by atoms with Crippen LogP contribution in [0.5, 0.6) is 0 Å². The van der Waals surface area contributed by atoms with Crippen molar-refractivity contribution in [3.8, 4) is 0 Å². The Morgan fingerprint density at radius 1 is 1.53 bits per heavy atom. The summed E-state index contributed by atoms with van der Waals surface area (Å²) in [5, 5.41) is 2.96. The average molecular weight is 253 g/mol. The summed E-state index contributed by atoms with van der Waals surface area (Å²) >= 11 is 0. The third-order valence-electron chi connectivity index (χ3n) is 1.60. The Labute approximate surface area is 101 Å². The summed E-state index contributed by atoms with van der Waals surface area (Å²) in [7, 11) is 1.36. The van der Waals surface area contributed by atoms with E-state index < -0.39 is 0 Å². The molecule has 0 radical (unpaired) electrons. The molecule has 0 aliphatic rings. The minimum Gasteiger partial charge on any atom is -0.467 e. The number of nitrogens with zero attached hydrogens (tertiary/aromatic N) is 1. The van der Waals surface area contributed by atoms with E-state index in [1.807, 2.05) is 6.07 Å². The highest BCUT2D eigenvalue weighted by molar-refractivity contribution is 5.85. The third kappa shape index (κ3) is 5.44. The maximum Gasteiger partial charge on any atom is 0.327 e. The fourth-order valence-corrected chi connectivity index (χ4v) is 0.934. The van der Waals surface area contributed by atoms with Crippen LogP contribution in [0.15, 0.2) is 24.5 Å². The predicted molar refractivity (Wildman–Crippen MR) is 63.8 cm³/mol. The molecular formula is C9H14Cl2N2O2. The number of esters is 1. The summed E-state index contributed by atoms with van der Waals surface area (Å²) < 4.78 is 4.56. The summed E-state index contributed by atoms with van der Waals surface area (Å²) in [4.78, 5) is 14.9. The smallest absolute Gasteiger partial charge is 0.327 e. The molecule has 0 aromatic carbocycles. The van der Waals surface area contributed by atoms with Gasteiger partial charge in [0.15, 0.2) is 0 Å². The van der Waals surface area contributed by atoms with Gasteiger partial charge in [0.25, 0.3) is 0 Å². The number of ether oxygens (including phenoxy) is 1. The lowest BCUT2D eigenvalue weighted by atomic mass is 10.3. The van der Waals surface area contributed by atoms with Crippen molar-refractivity contribution in [1.29, 1.82) is 0 Å². The molecule has 4 nitrogen and oxygen atoms in total. The highest BCUT2D eigenvalue weighted by atomic mass is 35.5. The van der Waals surface area contributed by atoms with Crippen LogP contribution in [0.4, 0.5) is 5.69 Å². The van der Waals surface area contributed by atoms with Crippen LogP contribution in [0.2, 0.25) is 0 Å².